The average molecular weight is 383 g/mol. The lowest BCUT2D eigenvalue weighted by Crippen LogP contribution is -2.35. The summed E-state index contributed by atoms with van der Waals surface area (Å²) in [7, 11) is 5.62. The molecule has 0 aliphatic carbocycles. The molecule has 0 radical (unpaired) electrons. The van der Waals surface area contributed by atoms with Crippen LogP contribution >= 0.6 is 0 Å². The summed E-state index contributed by atoms with van der Waals surface area (Å²) in [4.78, 5) is 17.0. The van der Waals surface area contributed by atoms with Gasteiger partial charge in [0.25, 0.3) is 0 Å². The van der Waals surface area contributed by atoms with Crippen LogP contribution in [0.3, 0.4) is 0 Å². The van der Waals surface area contributed by atoms with Crippen LogP contribution in [-0.4, -0.2) is 61.7 Å². The normalized spacial score (nSPS) is 16.6. The van der Waals surface area contributed by atoms with Gasteiger partial charge in [0.1, 0.15) is 0 Å². The number of phenolic OH excluding ortho intramolecular Hbond substituents is 1. The molecule has 0 aromatic heterocycles. The van der Waals surface area contributed by atoms with Gasteiger partial charge in [0, 0.05) is 25.4 Å². The Labute approximate surface area is 167 Å². The molecule has 0 spiro atoms. The zero-order chi connectivity index (χ0) is 20.1. The maximum Gasteiger partial charge on any atom is 0.222 e. The molecular weight excluding hydrogens is 352 g/mol. The van der Waals surface area contributed by atoms with Gasteiger partial charge in [-0.3, -0.25) is 4.79 Å². The molecule has 1 unspecified atom stereocenters. The number of carbonyl (C=O) groups excluding carboxylic acids is 1. The van der Waals surface area contributed by atoms with Gasteiger partial charge in [-0.15, -0.1) is 0 Å². The molecule has 0 bridgehead atoms. The second-order valence-electron chi connectivity index (χ2n) is 7.68. The van der Waals surface area contributed by atoms with Gasteiger partial charge < -0.3 is 19.6 Å². The highest BCUT2D eigenvalue weighted by molar-refractivity contribution is 5.76. The highest BCUT2D eigenvalue weighted by Crippen LogP contribution is 2.38. The van der Waals surface area contributed by atoms with Gasteiger partial charge in [0.15, 0.2) is 11.5 Å². The monoisotopic (exact) mass is 382 g/mol. The molecule has 1 aliphatic heterocycles. The smallest absolute Gasteiger partial charge is 0.222 e. The lowest BCUT2D eigenvalue weighted by molar-refractivity contribution is -0.131. The molecule has 2 aromatic carbocycles. The molecule has 5 heteroatoms. The molecule has 0 fully saturated rings. The van der Waals surface area contributed by atoms with E-state index in [4.69, 9.17) is 4.74 Å². The molecule has 1 atom stereocenters. The molecule has 5 nitrogen and oxygen atoms in total. The number of ether oxygens (including phenoxy) is 1. The first-order valence-corrected chi connectivity index (χ1v) is 9.86. The van der Waals surface area contributed by atoms with Crippen LogP contribution in [0.1, 0.15) is 35.4 Å². The molecule has 3 rings (SSSR count). The van der Waals surface area contributed by atoms with Crippen LogP contribution in [0.2, 0.25) is 0 Å². The van der Waals surface area contributed by atoms with E-state index >= 15 is 0 Å². The van der Waals surface area contributed by atoms with Gasteiger partial charge >= 0.3 is 0 Å². The Balaban J connectivity index is 1.90. The topological polar surface area (TPSA) is 53.0 Å². The van der Waals surface area contributed by atoms with Crippen LogP contribution in [0.25, 0.3) is 0 Å². The first-order valence-electron chi connectivity index (χ1n) is 9.86. The zero-order valence-corrected chi connectivity index (χ0v) is 17.0. The number of phenols is 1. The number of aromatic hydroxyl groups is 1. The third-order valence-electron chi connectivity index (χ3n) is 5.42. The van der Waals surface area contributed by atoms with Gasteiger partial charge in [-0.25, -0.2) is 0 Å². The van der Waals surface area contributed by atoms with Crippen molar-refractivity contribution in [3.05, 3.63) is 59.2 Å². The summed E-state index contributed by atoms with van der Waals surface area (Å²) < 4.78 is 5.35. The number of rotatable bonds is 6. The molecule has 150 valence electrons. The average Bonchev–Trinajstić information content (AvgIpc) is 2.87. The fraction of sp³-hybridized carbons (Fsp3) is 0.435. The summed E-state index contributed by atoms with van der Waals surface area (Å²) in [6.07, 6.45) is 2.15. The van der Waals surface area contributed by atoms with E-state index in [2.05, 4.69) is 17.0 Å². The van der Waals surface area contributed by atoms with E-state index in [1.54, 1.807) is 13.2 Å². The Hall–Kier alpha value is -2.53. The highest BCUT2D eigenvalue weighted by Gasteiger charge is 2.28. The summed E-state index contributed by atoms with van der Waals surface area (Å²) in [5.41, 5.74) is 3.38. The third-order valence-corrected chi connectivity index (χ3v) is 5.42. The van der Waals surface area contributed by atoms with Crippen molar-refractivity contribution >= 4 is 5.91 Å². The molecule has 1 heterocycles. The Kier molecular flexibility index (Phi) is 6.57. The second-order valence-corrected chi connectivity index (χ2v) is 7.68. The Morgan fingerprint density at radius 3 is 2.68 bits per heavy atom. The van der Waals surface area contributed by atoms with E-state index in [1.807, 2.05) is 43.3 Å². The van der Waals surface area contributed by atoms with Gasteiger partial charge in [-0.1, -0.05) is 30.3 Å². The van der Waals surface area contributed by atoms with Gasteiger partial charge in [0.05, 0.1) is 7.11 Å². The minimum absolute atomic E-state index is 0.0611. The van der Waals surface area contributed by atoms with Gasteiger partial charge in [-0.05, 0) is 62.3 Å². The Morgan fingerprint density at radius 1 is 1.25 bits per heavy atom. The SMILES string of the molecule is COc1cc2c(cc1O)CCN(C(=O)CCCN(C)C)CC2c1ccccc1. The van der Waals surface area contributed by atoms with Crippen molar-refractivity contribution in [2.75, 3.05) is 40.8 Å². The van der Waals surface area contributed by atoms with Crippen molar-refractivity contribution in [2.24, 2.45) is 0 Å². The fourth-order valence-corrected chi connectivity index (χ4v) is 3.90. The number of hydrogen-bond acceptors (Lipinski definition) is 4. The zero-order valence-electron chi connectivity index (χ0n) is 17.0. The van der Waals surface area contributed by atoms with Crippen LogP contribution in [0, 0.1) is 0 Å². The maximum absolute atomic E-state index is 12.9. The van der Waals surface area contributed by atoms with Crippen LogP contribution in [0.15, 0.2) is 42.5 Å². The second kappa shape index (κ2) is 9.11. The Bertz CT molecular complexity index is 805. The fourth-order valence-electron chi connectivity index (χ4n) is 3.90. The predicted molar refractivity (Wildman–Crippen MR) is 111 cm³/mol. The molecule has 0 saturated carbocycles. The first kappa shape index (κ1) is 20.2. The van der Waals surface area contributed by atoms with Crippen molar-refractivity contribution in [1.29, 1.82) is 0 Å². The quantitative estimate of drug-likeness (QED) is 0.833. The summed E-state index contributed by atoms with van der Waals surface area (Å²) in [5.74, 6) is 0.891. The van der Waals surface area contributed by atoms with Crippen LogP contribution in [-0.2, 0) is 11.2 Å². The third kappa shape index (κ3) is 4.65. The van der Waals surface area contributed by atoms with Gasteiger partial charge in [0.2, 0.25) is 5.91 Å². The highest BCUT2D eigenvalue weighted by atomic mass is 16.5. The summed E-state index contributed by atoms with van der Waals surface area (Å²) in [5, 5.41) is 10.2. The minimum atomic E-state index is 0.0611. The van der Waals surface area contributed by atoms with Crippen LogP contribution < -0.4 is 4.74 Å². The maximum atomic E-state index is 12.9. The molecule has 0 saturated heterocycles. The summed E-state index contributed by atoms with van der Waals surface area (Å²) in [6.45, 7) is 2.22. The summed E-state index contributed by atoms with van der Waals surface area (Å²) >= 11 is 0. The van der Waals surface area contributed by atoms with E-state index in [9.17, 15) is 9.90 Å². The largest absolute Gasteiger partial charge is 0.504 e. The number of hydrogen-bond donors (Lipinski definition) is 1. The van der Waals surface area contributed by atoms with E-state index in [-0.39, 0.29) is 17.6 Å². The molecule has 1 amide bonds. The molecule has 2 aromatic rings. The lowest BCUT2D eigenvalue weighted by atomic mass is 9.87. The minimum Gasteiger partial charge on any atom is -0.504 e. The lowest BCUT2D eigenvalue weighted by Gasteiger charge is -2.26. The van der Waals surface area contributed by atoms with Crippen molar-refractivity contribution in [2.45, 2.75) is 25.2 Å². The number of carbonyl (C=O) groups is 1. The standard InChI is InChI=1S/C23H30N2O3/c1-24(2)12-7-10-23(27)25-13-11-18-14-21(26)22(28-3)15-19(18)20(16-25)17-8-5-4-6-9-17/h4-6,8-9,14-15,20,26H,7,10-13,16H2,1-3H3. The van der Waals surface area contributed by atoms with Crippen LogP contribution in [0.4, 0.5) is 0 Å². The number of amides is 1. The Morgan fingerprint density at radius 2 is 2.00 bits per heavy atom. The molecule has 1 aliphatic rings. The van der Waals surface area contributed by atoms with Gasteiger partial charge in [-0.2, -0.15) is 0 Å². The molecule has 1 N–H and O–H groups in total. The molecule has 28 heavy (non-hydrogen) atoms. The van der Waals surface area contributed by atoms with Crippen LogP contribution in [0.5, 0.6) is 11.5 Å². The first-order chi connectivity index (χ1) is 13.5. The number of nitrogens with zero attached hydrogens (tertiary/aromatic N) is 2. The van der Waals surface area contributed by atoms with Crippen molar-refractivity contribution < 1.29 is 14.6 Å². The van der Waals surface area contributed by atoms with E-state index in [0.29, 0.717) is 25.3 Å². The van der Waals surface area contributed by atoms with Crippen molar-refractivity contribution in [3.8, 4) is 11.5 Å². The van der Waals surface area contributed by atoms with E-state index in [0.717, 1.165) is 30.5 Å². The van der Waals surface area contributed by atoms with E-state index < -0.39 is 0 Å². The summed E-state index contributed by atoms with van der Waals surface area (Å²) in [6, 6.07) is 14.0. The molecular formula is C23H30N2O3. The number of methoxy groups -OCH3 is 1. The van der Waals surface area contributed by atoms with Crippen molar-refractivity contribution in [1.82, 2.24) is 9.80 Å². The van der Waals surface area contributed by atoms with E-state index in [1.165, 1.54) is 5.56 Å². The number of fused-ring (bicyclic) bond motifs is 1. The predicted octanol–water partition coefficient (Wildman–Crippen LogP) is 3.26. The number of benzene rings is 2. The van der Waals surface area contributed by atoms with Crippen molar-refractivity contribution in [3.63, 3.8) is 0 Å².